The summed E-state index contributed by atoms with van der Waals surface area (Å²) >= 11 is 0. The third-order valence-electron chi connectivity index (χ3n) is 4.16. The number of hydrogen-bond donors (Lipinski definition) is 1. The van der Waals surface area contributed by atoms with Gasteiger partial charge < -0.3 is 10.5 Å². The molecule has 2 nitrogen and oxygen atoms in total. The van der Waals surface area contributed by atoms with Gasteiger partial charge in [-0.25, -0.2) is 0 Å². The van der Waals surface area contributed by atoms with E-state index in [1.165, 1.54) is 25.7 Å². The first-order chi connectivity index (χ1) is 6.72. The molecule has 1 saturated heterocycles. The molecule has 0 bridgehead atoms. The van der Waals surface area contributed by atoms with Crippen LogP contribution >= 0.6 is 0 Å². The lowest BCUT2D eigenvalue weighted by Crippen LogP contribution is -2.54. The van der Waals surface area contributed by atoms with Crippen LogP contribution < -0.4 is 5.73 Å². The second-order valence-corrected chi connectivity index (χ2v) is 5.00. The summed E-state index contributed by atoms with van der Waals surface area (Å²) in [5.41, 5.74) is 6.58. The van der Waals surface area contributed by atoms with Crippen LogP contribution in [0.4, 0.5) is 0 Å². The highest BCUT2D eigenvalue weighted by Gasteiger charge is 2.51. The van der Waals surface area contributed by atoms with Crippen LogP contribution in [0.25, 0.3) is 0 Å². The molecule has 0 aromatic rings. The molecule has 1 aliphatic heterocycles. The van der Waals surface area contributed by atoms with E-state index in [0.717, 1.165) is 18.9 Å². The summed E-state index contributed by atoms with van der Waals surface area (Å²) in [6.45, 7) is 5.39. The molecule has 2 unspecified atom stereocenters. The molecule has 2 N–H and O–H groups in total. The highest BCUT2D eigenvalue weighted by Crippen LogP contribution is 2.46. The molecule has 1 heterocycles. The Balaban J connectivity index is 2.10. The van der Waals surface area contributed by atoms with E-state index in [1.54, 1.807) is 0 Å². The Labute approximate surface area is 87.2 Å². The maximum absolute atomic E-state index is 6.58. The van der Waals surface area contributed by atoms with Gasteiger partial charge in [-0.3, -0.25) is 0 Å². The van der Waals surface area contributed by atoms with Gasteiger partial charge in [-0.05, 0) is 31.1 Å². The molecule has 2 atom stereocenters. The fourth-order valence-electron chi connectivity index (χ4n) is 3.12. The normalized spacial score (nSPS) is 38.1. The van der Waals surface area contributed by atoms with Gasteiger partial charge in [0.1, 0.15) is 0 Å². The van der Waals surface area contributed by atoms with Crippen LogP contribution in [0.5, 0.6) is 0 Å². The predicted octanol–water partition coefficient (Wildman–Crippen LogP) is 2.32. The van der Waals surface area contributed by atoms with Crippen LogP contribution in [0.3, 0.4) is 0 Å². The molecule has 0 aromatic carbocycles. The fourth-order valence-corrected chi connectivity index (χ4v) is 3.12. The zero-order valence-electron chi connectivity index (χ0n) is 9.46. The van der Waals surface area contributed by atoms with Crippen molar-refractivity contribution in [3.05, 3.63) is 0 Å². The zero-order chi connectivity index (χ0) is 10.2. The maximum atomic E-state index is 6.58. The van der Waals surface area contributed by atoms with E-state index in [4.69, 9.17) is 10.5 Å². The van der Waals surface area contributed by atoms with E-state index in [1.807, 2.05) is 0 Å². The van der Waals surface area contributed by atoms with Crippen LogP contribution in [0, 0.1) is 11.8 Å². The molecule has 82 valence electrons. The minimum atomic E-state index is -0.00926. The van der Waals surface area contributed by atoms with Crippen molar-refractivity contribution >= 4 is 0 Å². The lowest BCUT2D eigenvalue weighted by Gasteiger charge is -2.37. The molecule has 14 heavy (non-hydrogen) atoms. The smallest absolute Gasteiger partial charge is 0.0786 e. The van der Waals surface area contributed by atoms with Gasteiger partial charge in [-0.2, -0.15) is 0 Å². The van der Waals surface area contributed by atoms with Gasteiger partial charge in [0.2, 0.25) is 0 Å². The van der Waals surface area contributed by atoms with Crippen molar-refractivity contribution in [3.8, 4) is 0 Å². The third-order valence-corrected chi connectivity index (χ3v) is 4.16. The Hall–Kier alpha value is -0.0800. The monoisotopic (exact) mass is 197 g/mol. The van der Waals surface area contributed by atoms with Gasteiger partial charge >= 0.3 is 0 Å². The summed E-state index contributed by atoms with van der Waals surface area (Å²) in [6, 6.07) is 0. The van der Waals surface area contributed by atoms with E-state index in [9.17, 15) is 0 Å². The first-order valence-corrected chi connectivity index (χ1v) is 6.12. The molecular weight excluding hydrogens is 174 g/mol. The predicted molar refractivity (Wildman–Crippen MR) is 58.1 cm³/mol. The average Bonchev–Trinajstić information content (AvgIpc) is 2.93. The summed E-state index contributed by atoms with van der Waals surface area (Å²) < 4.78 is 5.85. The Morgan fingerprint density at radius 1 is 1.36 bits per heavy atom. The van der Waals surface area contributed by atoms with Crippen LogP contribution in [-0.4, -0.2) is 18.2 Å². The van der Waals surface area contributed by atoms with Crippen molar-refractivity contribution in [2.24, 2.45) is 17.6 Å². The summed E-state index contributed by atoms with van der Waals surface area (Å²) in [7, 11) is 0. The number of hydrogen-bond acceptors (Lipinski definition) is 2. The van der Waals surface area contributed by atoms with Crippen molar-refractivity contribution in [1.29, 1.82) is 0 Å². The minimum absolute atomic E-state index is 0.00926. The first-order valence-electron chi connectivity index (χ1n) is 6.12. The van der Waals surface area contributed by atoms with Crippen LogP contribution in [-0.2, 0) is 4.74 Å². The average molecular weight is 197 g/mol. The van der Waals surface area contributed by atoms with Gasteiger partial charge in [-0.1, -0.05) is 26.7 Å². The Bertz CT molecular complexity index is 198. The molecule has 2 rings (SSSR count). The van der Waals surface area contributed by atoms with E-state index in [-0.39, 0.29) is 5.54 Å². The van der Waals surface area contributed by atoms with E-state index in [2.05, 4.69) is 13.8 Å². The molecule has 0 spiro atoms. The van der Waals surface area contributed by atoms with Crippen molar-refractivity contribution in [2.75, 3.05) is 6.61 Å². The van der Waals surface area contributed by atoms with Gasteiger partial charge in [0.05, 0.1) is 6.10 Å². The van der Waals surface area contributed by atoms with Crippen LogP contribution in [0.2, 0.25) is 0 Å². The fraction of sp³-hybridized carbons (Fsp3) is 1.00. The van der Waals surface area contributed by atoms with Gasteiger partial charge in [0.15, 0.2) is 0 Å². The Morgan fingerprint density at radius 3 is 2.50 bits per heavy atom. The molecule has 0 amide bonds. The summed E-state index contributed by atoms with van der Waals surface area (Å²) in [6.07, 6.45) is 6.50. The Kier molecular flexibility index (Phi) is 2.85. The van der Waals surface area contributed by atoms with Gasteiger partial charge in [0, 0.05) is 12.1 Å². The van der Waals surface area contributed by atoms with E-state index < -0.39 is 0 Å². The SMILES string of the molecule is CCC(CC)C1(N)CCOC1C1CC1. The second kappa shape index (κ2) is 3.82. The number of rotatable bonds is 4. The number of ether oxygens (including phenoxy) is 1. The van der Waals surface area contributed by atoms with Crippen LogP contribution in [0.1, 0.15) is 46.0 Å². The van der Waals surface area contributed by atoms with Crippen LogP contribution in [0.15, 0.2) is 0 Å². The summed E-state index contributed by atoms with van der Waals surface area (Å²) in [5, 5.41) is 0. The van der Waals surface area contributed by atoms with Crippen molar-refractivity contribution < 1.29 is 4.74 Å². The van der Waals surface area contributed by atoms with Gasteiger partial charge in [0.25, 0.3) is 0 Å². The molecule has 2 fully saturated rings. The number of nitrogens with two attached hydrogens (primary N) is 1. The summed E-state index contributed by atoms with van der Waals surface area (Å²) in [5.74, 6) is 1.43. The molecule has 0 radical (unpaired) electrons. The van der Waals surface area contributed by atoms with E-state index in [0.29, 0.717) is 12.0 Å². The minimum Gasteiger partial charge on any atom is -0.376 e. The summed E-state index contributed by atoms with van der Waals surface area (Å²) in [4.78, 5) is 0. The molecule has 1 saturated carbocycles. The largest absolute Gasteiger partial charge is 0.376 e. The van der Waals surface area contributed by atoms with E-state index >= 15 is 0 Å². The lowest BCUT2D eigenvalue weighted by molar-refractivity contribution is 0.0414. The topological polar surface area (TPSA) is 35.2 Å². The third kappa shape index (κ3) is 1.59. The standard InChI is InChI=1S/C12H23NO/c1-3-10(4-2)12(13)7-8-14-11(12)9-5-6-9/h9-11H,3-8,13H2,1-2H3. The first kappa shape index (κ1) is 10.4. The van der Waals surface area contributed by atoms with Crippen molar-refractivity contribution in [3.63, 3.8) is 0 Å². The quantitative estimate of drug-likeness (QED) is 0.750. The molecular formula is C12H23NO. The zero-order valence-corrected chi connectivity index (χ0v) is 9.46. The molecule has 2 heteroatoms. The highest BCUT2D eigenvalue weighted by molar-refractivity contribution is 5.06. The Morgan fingerprint density at radius 2 is 2.00 bits per heavy atom. The lowest BCUT2D eigenvalue weighted by atomic mass is 9.75. The maximum Gasteiger partial charge on any atom is 0.0786 e. The molecule has 0 aromatic heterocycles. The van der Waals surface area contributed by atoms with Crippen molar-refractivity contribution in [2.45, 2.75) is 57.6 Å². The molecule has 2 aliphatic rings. The van der Waals surface area contributed by atoms with Gasteiger partial charge in [-0.15, -0.1) is 0 Å². The second-order valence-electron chi connectivity index (χ2n) is 5.00. The highest BCUT2D eigenvalue weighted by atomic mass is 16.5. The molecule has 1 aliphatic carbocycles. The van der Waals surface area contributed by atoms with Crippen molar-refractivity contribution in [1.82, 2.24) is 0 Å².